The molecule has 1 aromatic carbocycles. The number of Topliss-reactive ketones (excluding diaryl/α,β-unsaturated/α-hetero) is 1. The second kappa shape index (κ2) is 5.01. The summed E-state index contributed by atoms with van der Waals surface area (Å²) < 4.78 is 0.134. The third kappa shape index (κ3) is 2.67. The molecule has 2 aliphatic rings. The van der Waals surface area contributed by atoms with Gasteiger partial charge >= 0.3 is 0 Å². The number of alkyl halides is 1. The Kier molecular flexibility index (Phi) is 3.55. The number of ketones is 1. The van der Waals surface area contributed by atoms with Gasteiger partial charge in [-0.2, -0.15) is 0 Å². The van der Waals surface area contributed by atoms with Gasteiger partial charge in [0, 0.05) is 27.8 Å². The molecule has 2 fully saturated rings. The van der Waals surface area contributed by atoms with Gasteiger partial charge in [-0.1, -0.05) is 34.1 Å². The van der Waals surface area contributed by atoms with E-state index in [9.17, 15) is 4.79 Å². The molecule has 2 aliphatic carbocycles. The van der Waals surface area contributed by atoms with E-state index in [4.69, 9.17) is 0 Å². The van der Waals surface area contributed by atoms with E-state index in [1.807, 2.05) is 11.8 Å². The normalized spacial score (nSPS) is 34.8. The summed E-state index contributed by atoms with van der Waals surface area (Å²) in [6, 6.07) is 10.6. The summed E-state index contributed by atoms with van der Waals surface area (Å²) in [5, 5.41) is 0. The summed E-state index contributed by atoms with van der Waals surface area (Å²) in [6.45, 7) is 0. The number of hydrogen-bond acceptors (Lipinski definition) is 2. The first-order valence-electron chi connectivity index (χ1n) is 6.53. The largest absolute Gasteiger partial charge is 0.300 e. The zero-order valence-electron chi connectivity index (χ0n) is 10.3. The van der Waals surface area contributed by atoms with E-state index in [0.717, 1.165) is 18.6 Å². The highest BCUT2D eigenvalue weighted by Crippen LogP contribution is 2.53. The van der Waals surface area contributed by atoms with Crippen molar-refractivity contribution in [3.63, 3.8) is 0 Å². The molecule has 96 valence electrons. The average molecular weight is 325 g/mol. The van der Waals surface area contributed by atoms with E-state index in [2.05, 4.69) is 46.3 Å². The highest BCUT2D eigenvalue weighted by atomic mass is 79.9. The molecule has 3 rings (SSSR count). The van der Waals surface area contributed by atoms with Crippen molar-refractivity contribution in [3.8, 4) is 0 Å². The predicted octanol–water partition coefficient (Wildman–Crippen LogP) is 4.30. The van der Waals surface area contributed by atoms with Crippen molar-refractivity contribution < 1.29 is 4.79 Å². The molecule has 0 aromatic heterocycles. The van der Waals surface area contributed by atoms with Gasteiger partial charge in [0.1, 0.15) is 5.78 Å². The van der Waals surface area contributed by atoms with Gasteiger partial charge in [0.05, 0.1) is 0 Å². The fourth-order valence-electron chi connectivity index (χ4n) is 3.37. The molecular formula is C15H17BrOS. The minimum Gasteiger partial charge on any atom is -0.300 e. The van der Waals surface area contributed by atoms with Gasteiger partial charge in [-0.05, 0) is 36.8 Å². The molecule has 0 spiro atoms. The summed E-state index contributed by atoms with van der Waals surface area (Å²) in [6.07, 6.45) is 3.92. The molecule has 0 aliphatic heterocycles. The molecule has 18 heavy (non-hydrogen) atoms. The number of hydrogen-bond donors (Lipinski definition) is 0. The summed E-state index contributed by atoms with van der Waals surface area (Å²) in [4.78, 5) is 13.1. The standard InChI is InChI=1S/C15H17BrOS/c16-15-7-11(6-13(17)9-15)12(8-15)10-18-14-4-2-1-3-5-14/h1-5,11-12H,6-10H2/t11-,12-,15-/m1/s1. The molecular weight excluding hydrogens is 308 g/mol. The fourth-order valence-corrected chi connectivity index (χ4v) is 5.66. The minimum atomic E-state index is 0.134. The number of rotatable bonds is 3. The second-order valence-corrected chi connectivity index (χ2v) is 8.40. The second-order valence-electron chi connectivity index (χ2n) is 5.62. The quantitative estimate of drug-likeness (QED) is 0.609. The highest BCUT2D eigenvalue weighted by Gasteiger charge is 2.48. The first kappa shape index (κ1) is 12.7. The van der Waals surface area contributed by atoms with Crippen LogP contribution in [0.15, 0.2) is 35.2 Å². The third-order valence-electron chi connectivity index (χ3n) is 4.13. The topological polar surface area (TPSA) is 17.1 Å². The van der Waals surface area contributed by atoms with Gasteiger partial charge in [-0.15, -0.1) is 11.8 Å². The average Bonchev–Trinajstić information content (AvgIpc) is 2.57. The molecule has 2 saturated carbocycles. The van der Waals surface area contributed by atoms with E-state index in [1.54, 1.807) is 0 Å². The molecule has 0 N–H and O–H groups in total. The van der Waals surface area contributed by atoms with Crippen LogP contribution in [-0.2, 0) is 4.79 Å². The Morgan fingerprint density at radius 3 is 2.83 bits per heavy atom. The third-order valence-corrected chi connectivity index (χ3v) is 6.26. The predicted molar refractivity (Wildman–Crippen MR) is 79.3 cm³/mol. The summed E-state index contributed by atoms with van der Waals surface area (Å²) in [7, 11) is 0. The van der Waals surface area contributed by atoms with E-state index in [-0.39, 0.29) is 4.32 Å². The number of benzene rings is 1. The van der Waals surface area contributed by atoms with Crippen LogP contribution in [-0.4, -0.2) is 15.9 Å². The Hall–Kier alpha value is -0.280. The molecule has 3 atom stereocenters. The maximum absolute atomic E-state index is 11.7. The first-order valence-corrected chi connectivity index (χ1v) is 8.31. The van der Waals surface area contributed by atoms with Crippen molar-refractivity contribution in [2.75, 3.05) is 5.75 Å². The van der Waals surface area contributed by atoms with Crippen LogP contribution in [0.25, 0.3) is 0 Å². The minimum absolute atomic E-state index is 0.134. The van der Waals surface area contributed by atoms with E-state index < -0.39 is 0 Å². The highest BCUT2D eigenvalue weighted by molar-refractivity contribution is 9.10. The molecule has 0 saturated heterocycles. The van der Waals surface area contributed by atoms with Crippen LogP contribution in [0.4, 0.5) is 0 Å². The summed E-state index contributed by atoms with van der Waals surface area (Å²) in [5.41, 5.74) is 0. The molecule has 0 heterocycles. The lowest BCUT2D eigenvalue weighted by atomic mass is 9.86. The smallest absolute Gasteiger partial charge is 0.134 e. The first-order chi connectivity index (χ1) is 8.65. The van der Waals surface area contributed by atoms with Crippen LogP contribution in [0.5, 0.6) is 0 Å². The lowest BCUT2D eigenvalue weighted by Gasteiger charge is -2.25. The molecule has 0 radical (unpaired) electrons. The van der Waals surface area contributed by atoms with Crippen LogP contribution < -0.4 is 0 Å². The SMILES string of the molecule is O=C1C[C@@H]2C[C@](Br)(C1)C[C@@H]2CSc1ccccc1. The van der Waals surface area contributed by atoms with Crippen LogP contribution in [0, 0.1) is 11.8 Å². The van der Waals surface area contributed by atoms with Crippen LogP contribution in [0.1, 0.15) is 25.7 Å². The molecule has 1 nitrogen and oxygen atoms in total. The number of fused-ring (bicyclic) bond motifs is 2. The van der Waals surface area contributed by atoms with Gasteiger partial charge in [0.25, 0.3) is 0 Å². The van der Waals surface area contributed by atoms with E-state index in [1.165, 1.54) is 17.7 Å². The molecule has 0 unspecified atom stereocenters. The van der Waals surface area contributed by atoms with Crippen LogP contribution >= 0.6 is 27.7 Å². The lowest BCUT2D eigenvalue weighted by molar-refractivity contribution is -0.121. The van der Waals surface area contributed by atoms with Crippen molar-refractivity contribution in [1.82, 2.24) is 0 Å². The number of carbonyl (C=O) groups is 1. The Bertz CT molecular complexity index is 447. The molecule has 0 amide bonds. The maximum atomic E-state index is 11.7. The Morgan fingerprint density at radius 1 is 1.28 bits per heavy atom. The monoisotopic (exact) mass is 324 g/mol. The lowest BCUT2D eigenvalue weighted by Crippen LogP contribution is -2.26. The van der Waals surface area contributed by atoms with Crippen molar-refractivity contribution in [1.29, 1.82) is 0 Å². The summed E-state index contributed by atoms with van der Waals surface area (Å²) >= 11 is 5.75. The van der Waals surface area contributed by atoms with Crippen LogP contribution in [0.2, 0.25) is 0 Å². The number of thioether (sulfide) groups is 1. The van der Waals surface area contributed by atoms with Gasteiger partial charge < -0.3 is 0 Å². The van der Waals surface area contributed by atoms with Gasteiger partial charge in [0.2, 0.25) is 0 Å². The molecule has 3 heteroatoms. The molecule has 2 bridgehead atoms. The maximum Gasteiger partial charge on any atom is 0.134 e. The van der Waals surface area contributed by atoms with Gasteiger partial charge in [0.15, 0.2) is 0 Å². The number of halogens is 1. The van der Waals surface area contributed by atoms with Gasteiger partial charge in [-0.3, -0.25) is 4.79 Å². The van der Waals surface area contributed by atoms with Crippen molar-refractivity contribution in [2.24, 2.45) is 11.8 Å². The summed E-state index contributed by atoms with van der Waals surface area (Å²) in [5.74, 6) is 2.91. The zero-order chi connectivity index (χ0) is 12.6. The number of carbonyl (C=O) groups excluding carboxylic acids is 1. The molecule has 1 aromatic rings. The Labute approximate surface area is 121 Å². The fraction of sp³-hybridized carbons (Fsp3) is 0.533. The van der Waals surface area contributed by atoms with Crippen LogP contribution in [0.3, 0.4) is 0 Å². The zero-order valence-corrected chi connectivity index (χ0v) is 12.7. The van der Waals surface area contributed by atoms with E-state index >= 15 is 0 Å². The Morgan fingerprint density at radius 2 is 2.06 bits per heavy atom. The van der Waals surface area contributed by atoms with Gasteiger partial charge in [-0.25, -0.2) is 0 Å². The van der Waals surface area contributed by atoms with Crippen molar-refractivity contribution in [3.05, 3.63) is 30.3 Å². The van der Waals surface area contributed by atoms with Crippen molar-refractivity contribution >= 4 is 33.5 Å². The van der Waals surface area contributed by atoms with Crippen molar-refractivity contribution in [2.45, 2.75) is 34.9 Å². The Balaban J connectivity index is 1.63. The van der Waals surface area contributed by atoms with E-state index in [0.29, 0.717) is 17.6 Å².